The molecule has 1 unspecified atom stereocenters. The quantitative estimate of drug-likeness (QED) is 0.709. The zero-order valence-corrected chi connectivity index (χ0v) is 14.5. The van der Waals surface area contributed by atoms with Gasteiger partial charge in [-0.15, -0.1) is 0 Å². The molecule has 4 heterocycles. The number of likely N-dealkylation sites (tertiary alicyclic amines) is 1. The first-order valence-corrected chi connectivity index (χ1v) is 8.47. The fraction of sp³-hybridized carbons (Fsp3) is 0.353. The van der Waals surface area contributed by atoms with Crippen LogP contribution in [0.5, 0.6) is 0 Å². The van der Waals surface area contributed by atoms with Gasteiger partial charge in [0.05, 0.1) is 17.6 Å². The van der Waals surface area contributed by atoms with Gasteiger partial charge in [0.1, 0.15) is 17.8 Å². The van der Waals surface area contributed by atoms with E-state index in [1.165, 1.54) is 12.4 Å². The number of carbonyl (C=O) groups excluding carboxylic acids is 1. The van der Waals surface area contributed by atoms with Gasteiger partial charge in [0.15, 0.2) is 5.65 Å². The van der Waals surface area contributed by atoms with Crippen molar-refractivity contribution in [2.24, 2.45) is 7.05 Å². The van der Waals surface area contributed by atoms with Crippen LogP contribution in [0.3, 0.4) is 0 Å². The minimum absolute atomic E-state index is 0.0230. The fourth-order valence-electron chi connectivity index (χ4n) is 3.48. The molecule has 0 bridgehead atoms. The number of carbonyl (C=O) groups is 1. The first-order chi connectivity index (χ1) is 12.6. The van der Waals surface area contributed by atoms with E-state index in [9.17, 15) is 4.79 Å². The highest BCUT2D eigenvalue weighted by Gasteiger charge is 2.28. The van der Waals surface area contributed by atoms with Crippen molar-refractivity contribution in [1.29, 1.82) is 0 Å². The molecule has 0 aromatic carbocycles. The van der Waals surface area contributed by atoms with Crippen molar-refractivity contribution in [3.05, 3.63) is 31.4 Å². The third-order valence-corrected chi connectivity index (χ3v) is 4.73. The molecular weight excluding hydrogens is 332 g/mol. The molecule has 134 valence electrons. The van der Waals surface area contributed by atoms with Gasteiger partial charge in [0.2, 0.25) is 5.91 Å². The summed E-state index contributed by atoms with van der Waals surface area (Å²) in [7, 11) is 1.85. The lowest BCUT2D eigenvalue weighted by atomic mass is 10.1. The Bertz CT molecular complexity index is 988. The predicted molar refractivity (Wildman–Crippen MR) is 97.0 cm³/mol. The van der Waals surface area contributed by atoms with Gasteiger partial charge in [-0.25, -0.2) is 14.6 Å². The number of nitrogen functional groups attached to an aromatic ring is 1. The van der Waals surface area contributed by atoms with Crippen molar-refractivity contribution in [1.82, 2.24) is 34.4 Å². The van der Waals surface area contributed by atoms with E-state index in [0.717, 1.165) is 24.9 Å². The number of piperidine rings is 1. The van der Waals surface area contributed by atoms with Crippen LogP contribution in [0.4, 0.5) is 5.82 Å². The number of hydrogen-bond donors (Lipinski definition) is 1. The third kappa shape index (κ3) is 2.61. The Balaban J connectivity index is 1.82. The first kappa shape index (κ1) is 16.2. The molecule has 1 aliphatic heterocycles. The Morgan fingerprint density at radius 1 is 1.42 bits per heavy atom. The van der Waals surface area contributed by atoms with Crippen LogP contribution in [0, 0.1) is 0 Å². The molecule has 1 fully saturated rings. The molecule has 0 aliphatic carbocycles. The summed E-state index contributed by atoms with van der Waals surface area (Å²) in [5.74, 6) is 0.322. The SMILES string of the molecule is C=CC(=O)N1CCCC(n2nc(-c3cnn(C)c3)c3c(N)ncnc32)C1. The second-order valence-corrected chi connectivity index (χ2v) is 6.44. The minimum Gasteiger partial charge on any atom is -0.383 e. The Morgan fingerprint density at radius 3 is 3.00 bits per heavy atom. The van der Waals surface area contributed by atoms with Gasteiger partial charge in [-0.2, -0.15) is 10.2 Å². The van der Waals surface area contributed by atoms with Crippen LogP contribution in [0.1, 0.15) is 18.9 Å². The molecule has 1 aliphatic rings. The van der Waals surface area contributed by atoms with Crippen LogP contribution in [0.2, 0.25) is 0 Å². The van der Waals surface area contributed by atoms with Gasteiger partial charge in [0, 0.05) is 31.9 Å². The summed E-state index contributed by atoms with van der Waals surface area (Å²) in [6, 6.07) is 0.0230. The zero-order valence-electron chi connectivity index (χ0n) is 14.5. The number of fused-ring (bicyclic) bond motifs is 1. The normalized spacial score (nSPS) is 17.6. The molecule has 1 atom stereocenters. The van der Waals surface area contributed by atoms with Crippen molar-refractivity contribution < 1.29 is 4.79 Å². The van der Waals surface area contributed by atoms with E-state index in [-0.39, 0.29) is 11.9 Å². The van der Waals surface area contributed by atoms with E-state index in [0.29, 0.717) is 29.1 Å². The highest BCUT2D eigenvalue weighted by molar-refractivity contribution is 5.98. The van der Waals surface area contributed by atoms with Crippen LogP contribution >= 0.6 is 0 Å². The number of anilines is 1. The number of nitrogens with zero attached hydrogens (tertiary/aromatic N) is 7. The molecule has 1 saturated heterocycles. The van der Waals surface area contributed by atoms with Crippen LogP contribution in [0.25, 0.3) is 22.3 Å². The number of aromatic nitrogens is 6. The van der Waals surface area contributed by atoms with E-state index >= 15 is 0 Å². The summed E-state index contributed by atoms with van der Waals surface area (Å²) in [4.78, 5) is 22.3. The molecule has 0 radical (unpaired) electrons. The molecule has 3 aromatic heterocycles. The third-order valence-electron chi connectivity index (χ3n) is 4.73. The lowest BCUT2D eigenvalue weighted by molar-refractivity contribution is -0.127. The van der Waals surface area contributed by atoms with Crippen molar-refractivity contribution in [3.63, 3.8) is 0 Å². The summed E-state index contributed by atoms with van der Waals surface area (Å²) < 4.78 is 3.59. The molecule has 0 spiro atoms. The summed E-state index contributed by atoms with van der Waals surface area (Å²) in [5, 5.41) is 9.73. The van der Waals surface area contributed by atoms with Gasteiger partial charge in [-0.1, -0.05) is 6.58 Å². The second-order valence-electron chi connectivity index (χ2n) is 6.44. The maximum atomic E-state index is 12.0. The monoisotopic (exact) mass is 352 g/mol. The highest BCUT2D eigenvalue weighted by Crippen LogP contribution is 2.33. The van der Waals surface area contributed by atoms with Gasteiger partial charge in [0.25, 0.3) is 0 Å². The highest BCUT2D eigenvalue weighted by atomic mass is 16.2. The summed E-state index contributed by atoms with van der Waals surface area (Å²) in [5.41, 5.74) is 8.37. The molecule has 0 saturated carbocycles. The summed E-state index contributed by atoms with van der Waals surface area (Å²) in [6.45, 7) is 4.88. The average Bonchev–Trinajstić information content (AvgIpc) is 3.25. The Hall–Kier alpha value is -3.23. The predicted octanol–water partition coefficient (Wildman–Crippen LogP) is 1.16. The molecule has 1 amide bonds. The Labute approximate surface area is 150 Å². The summed E-state index contributed by atoms with van der Waals surface area (Å²) in [6.07, 6.45) is 8.23. The summed E-state index contributed by atoms with van der Waals surface area (Å²) >= 11 is 0. The van der Waals surface area contributed by atoms with E-state index in [4.69, 9.17) is 10.8 Å². The molecule has 2 N–H and O–H groups in total. The number of rotatable bonds is 3. The zero-order chi connectivity index (χ0) is 18.3. The smallest absolute Gasteiger partial charge is 0.246 e. The van der Waals surface area contributed by atoms with Crippen LogP contribution in [-0.4, -0.2) is 53.4 Å². The maximum absolute atomic E-state index is 12.0. The van der Waals surface area contributed by atoms with Gasteiger partial charge in [-0.05, 0) is 18.9 Å². The number of amides is 1. The average molecular weight is 352 g/mol. The Morgan fingerprint density at radius 2 is 2.27 bits per heavy atom. The molecule has 9 nitrogen and oxygen atoms in total. The van der Waals surface area contributed by atoms with E-state index < -0.39 is 0 Å². The topological polar surface area (TPSA) is 108 Å². The maximum Gasteiger partial charge on any atom is 0.246 e. The second kappa shape index (κ2) is 6.25. The van der Waals surface area contributed by atoms with Crippen molar-refractivity contribution in [3.8, 4) is 11.3 Å². The van der Waals surface area contributed by atoms with Crippen LogP contribution < -0.4 is 5.73 Å². The van der Waals surface area contributed by atoms with Crippen molar-refractivity contribution in [2.75, 3.05) is 18.8 Å². The fourth-order valence-corrected chi connectivity index (χ4v) is 3.48. The molecule has 9 heteroatoms. The number of hydrogen-bond acceptors (Lipinski definition) is 6. The first-order valence-electron chi connectivity index (χ1n) is 8.47. The molecule has 3 aromatic rings. The van der Waals surface area contributed by atoms with Gasteiger partial charge >= 0.3 is 0 Å². The van der Waals surface area contributed by atoms with E-state index in [1.807, 2.05) is 17.9 Å². The van der Waals surface area contributed by atoms with E-state index in [1.54, 1.807) is 15.8 Å². The van der Waals surface area contributed by atoms with E-state index in [2.05, 4.69) is 21.6 Å². The lowest BCUT2D eigenvalue weighted by Crippen LogP contribution is -2.40. The number of nitrogens with two attached hydrogens (primary N) is 1. The minimum atomic E-state index is -0.0622. The van der Waals surface area contributed by atoms with Crippen molar-refractivity contribution in [2.45, 2.75) is 18.9 Å². The van der Waals surface area contributed by atoms with Crippen molar-refractivity contribution >= 4 is 22.8 Å². The van der Waals surface area contributed by atoms with Crippen LogP contribution in [-0.2, 0) is 11.8 Å². The van der Waals surface area contributed by atoms with Crippen LogP contribution in [0.15, 0.2) is 31.4 Å². The molecular formula is C17H20N8O. The van der Waals surface area contributed by atoms with Gasteiger partial charge in [-0.3, -0.25) is 9.48 Å². The van der Waals surface area contributed by atoms with Gasteiger partial charge < -0.3 is 10.6 Å². The largest absolute Gasteiger partial charge is 0.383 e. The number of aryl methyl sites for hydroxylation is 1. The molecule has 4 rings (SSSR count). The molecule has 26 heavy (non-hydrogen) atoms. The standard InChI is InChI=1S/C17H20N8O/c1-3-13(26)24-6-4-5-12(9-24)25-17-14(16(18)19-10-20-17)15(22-25)11-7-21-23(2)8-11/h3,7-8,10,12H,1,4-6,9H2,2H3,(H2,18,19,20). The Kier molecular flexibility index (Phi) is 3.90. The lowest BCUT2D eigenvalue weighted by Gasteiger charge is -2.32.